The second-order valence-corrected chi connectivity index (χ2v) is 10.2. The summed E-state index contributed by atoms with van der Waals surface area (Å²) in [6.45, 7) is 0.151. The second-order valence-electron chi connectivity index (χ2n) is 8.59. The van der Waals surface area contributed by atoms with Crippen LogP contribution in [0.3, 0.4) is 0 Å². The standard InChI is InChI=1S/C25H24F3N7O4S/c1-39-13-17(14-2-5-18(26)6-3-14)11-16-10-15(4-7-19(16)35-40(37,38)25(27)28)22-21(23(29)36)24(34-33-22)32-20-12-30-8-9-31-20/h2-10,12,17,25,35H,11,13H2,1H3,(H2,29,36)(H2,31,32,33,34)/t17-/m1/s1. The Hall–Kier alpha value is -4.50. The molecule has 210 valence electrons. The number of benzene rings is 2. The van der Waals surface area contributed by atoms with Crippen LogP contribution in [0.4, 0.5) is 30.5 Å². The highest BCUT2D eigenvalue weighted by atomic mass is 32.2. The molecule has 0 unspecified atom stereocenters. The van der Waals surface area contributed by atoms with Gasteiger partial charge in [0.15, 0.2) is 0 Å². The number of H-pyrrole nitrogens is 1. The summed E-state index contributed by atoms with van der Waals surface area (Å²) < 4.78 is 71.2. The monoisotopic (exact) mass is 575 g/mol. The average molecular weight is 576 g/mol. The molecule has 0 fully saturated rings. The number of aromatic nitrogens is 4. The molecule has 1 amide bonds. The van der Waals surface area contributed by atoms with Gasteiger partial charge in [-0.25, -0.2) is 17.8 Å². The lowest BCUT2D eigenvalue weighted by Gasteiger charge is -2.20. The van der Waals surface area contributed by atoms with Crippen LogP contribution >= 0.6 is 0 Å². The van der Waals surface area contributed by atoms with E-state index in [2.05, 4.69) is 25.5 Å². The van der Waals surface area contributed by atoms with Crippen molar-refractivity contribution in [3.05, 3.63) is 83.6 Å². The summed E-state index contributed by atoms with van der Waals surface area (Å²) in [5.41, 5.74) is 6.93. The lowest BCUT2D eigenvalue weighted by Crippen LogP contribution is -2.22. The first kappa shape index (κ1) is 28.5. The number of halogens is 3. The summed E-state index contributed by atoms with van der Waals surface area (Å²) in [6, 6.07) is 9.83. The quantitative estimate of drug-likeness (QED) is 0.198. The van der Waals surface area contributed by atoms with Gasteiger partial charge in [0.1, 0.15) is 28.7 Å². The minimum Gasteiger partial charge on any atom is -0.384 e. The van der Waals surface area contributed by atoms with Crippen molar-refractivity contribution >= 4 is 33.3 Å². The molecule has 0 radical (unpaired) electrons. The highest BCUT2D eigenvalue weighted by Gasteiger charge is 2.27. The zero-order valence-corrected chi connectivity index (χ0v) is 21.8. The van der Waals surface area contributed by atoms with Gasteiger partial charge in [0.2, 0.25) is 0 Å². The Bertz CT molecular complexity index is 1580. The van der Waals surface area contributed by atoms with Crippen LogP contribution < -0.4 is 15.8 Å². The lowest BCUT2D eigenvalue weighted by molar-refractivity contribution is 0.100. The fraction of sp³-hybridized carbons (Fsp3) is 0.200. The fourth-order valence-electron chi connectivity index (χ4n) is 4.05. The number of nitrogens with one attached hydrogen (secondary N) is 3. The third kappa shape index (κ3) is 6.55. The van der Waals surface area contributed by atoms with Crippen LogP contribution in [0.5, 0.6) is 0 Å². The number of carbonyl (C=O) groups is 1. The molecule has 4 rings (SSSR count). The van der Waals surface area contributed by atoms with Crippen molar-refractivity contribution in [3.8, 4) is 11.3 Å². The Kier molecular flexibility index (Phi) is 8.64. The third-order valence-corrected chi connectivity index (χ3v) is 6.84. The molecule has 0 saturated carbocycles. The van der Waals surface area contributed by atoms with E-state index in [0.29, 0.717) is 16.9 Å². The first-order chi connectivity index (χ1) is 19.1. The zero-order chi connectivity index (χ0) is 28.9. The van der Waals surface area contributed by atoms with Crippen molar-refractivity contribution in [2.24, 2.45) is 5.73 Å². The predicted octanol–water partition coefficient (Wildman–Crippen LogP) is 3.79. The normalized spacial score (nSPS) is 12.3. The third-order valence-electron chi connectivity index (χ3n) is 5.87. The number of aromatic amines is 1. The van der Waals surface area contributed by atoms with Crippen molar-refractivity contribution < 1.29 is 31.1 Å². The molecule has 2 aromatic heterocycles. The van der Waals surface area contributed by atoms with E-state index < -0.39 is 33.4 Å². The number of primary amides is 1. The molecule has 0 aliphatic heterocycles. The number of carbonyl (C=O) groups excluding carboxylic acids is 1. The molecule has 0 saturated heterocycles. The van der Waals surface area contributed by atoms with E-state index in [-0.39, 0.29) is 41.4 Å². The van der Waals surface area contributed by atoms with E-state index in [1.54, 1.807) is 12.1 Å². The van der Waals surface area contributed by atoms with Crippen LogP contribution in [-0.2, 0) is 21.2 Å². The molecule has 0 spiro atoms. The topological polar surface area (TPSA) is 165 Å². The smallest absolute Gasteiger partial charge is 0.355 e. The molecule has 2 heterocycles. The Morgan fingerprint density at radius 3 is 2.52 bits per heavy atom. The number of amides is 1. The maximum Gasteiger partial charge on any atom is 0.355 e. The first-order valence-electron chi connectivity index (χ1n) is 11.7. The van der Waals surface area contributed by atoms with Crippen LogP contribution in [0, 0.1) is 5.82 Å². The number of nitrogens with zero attached hydrogens (tertiary/aromatic N) is 3. The zero-order valence-electron chi connectivity index (χ0n) is 20.9. The summed E-state index contributed by atoms with van der Waals surface area (Å²) in [5.74, 6) is -4.93. The van der Waals surface area contributed by atoms with Gasteiger partial charge in [-0.05, 0) is 41.8 Å². The van der Waals surface area contributed by atoms with Gasteiger partial charge in [-0.15, -0.1) is 0 Å². The SMILES string of the molecule is COC[C@@H](Cc1cc(-c2n[nH]c(Nc3cnccn3)c2C(N)=O)ccc1NS(=O)(=O)C(F)F)c1ccc(F)cc1. The molecule has 0 bridgehead atoms. The van der Waals surface area contributed by atoms with Crippen LogP contribution in [0.15, 0.2) is 61.1 Å². The van der Waals surface area contributed by atoms with Crippen molar-refractivity contribution in [2.45, 2.75) is 18.1 Å². The summed E-state index contributed by atoms with van der Waals surface area (Å²) >= 11 is 0. The highest BCUT2D eigenvalue weighted by Crippen LogP contribution is 2.34. The number of sulfonamides is 1. The molecule has 15 heteroatoms. The first-order valence-corrected chi connectivity index (χ1v) is 13.2. The van der Waals surface area contributed by atoms with Gasteiger partial charge >= 0.3 is 5.76 Å². The Balaban J connectivity index is 1.79. The molecule has 0 aliphatic carbocycles. The van der Waals surface area contributed by atoms with E-state index in [4.69, 9.17) is 10.5 Å². The van der Waals surface area contributed by atoms with Crippen molar-refractivity contribution in [1.82, 2.24) is 20.2 Å². The summed E-state index contributed by atoms with van der Waals surface area (Å²) in [5, 5.41) is 9.76. The maximum absolute atomic E-state index is 13.5. The maximum atomic E-state index is 13.5. The summed E-state index contributed by atoms with van der Waals surface area (Å²) in [7, 11) is -3.54. The number of methoxy groups -OCH3 is 1. The summed E-state index contributed by atoms with van der Waals surface area (Å²) in [4.78, 5) is 20.4. The minimum absolute atomic E-state index is 0.0236. The molecular formula is C25H24F3N7O4S. The van der Waals surface area contributed by atoms with Gasteiger partial charge in [0.25, 0.3) is 15.9 Å². The number of ether oxygens (including phenoxy) is 1. The molecule has 40 heavy (non-hydrogen) atoms. The lowest BCUT2D eigenvalue weighted by atomic mass is 9.90. The van der Waals surface area contributed by atoms with Gasteiger partial charge in [-0.2, -0.15) is 13.9 Å². The van der Waals surface area contributed by atoms with Crippen molar-refractivity contribution in [3.63, 3.8) is 0 Å². The van der Waals surface area contributed by atoms with E-state index in [9.17, 15) is 26.4 Å². The van der Waals surface area contributed by atoms with Gasteiger partial charge < -0.3 is 15.8 Å². The summed E-state index contributed by atoms with van der Waals surface area (Å²) in [6.07, 6.45) is 4.41. The number of nitrogens with two attached hydrogens (primary N) is 1. The van der Waals surface area contributed by atoms with Gasteiger partial charge in [0, 0.05) is 31.0 Å². The highest BCUT2D eigenvalue weighted by molar-refractivity contribution is 7.93. The Morgan fingerprint density at radius 2 is 1.90 bits per heavy atom. The predicted molar refractivity (Wildman–Crippen MR) is 141 cm³/mol. The molecular weight excluding hydrogens is 551 g/mol. The van der Waals surface area contributed by atoms with E-state index in [0.717, 1.165) is 0 Å². The van der Waals surface area contributed by atoms with Gasteiger partial charge in [0.05, 0.1) is 18.5 Å². The number of rotatable bonds is 12. The molecule has 11 nitrogen and oxygen atoms in total. The van der Waals surface area contributed by atoms with E-state index >= 15 is 0 Å². The van der Waals surface area contributed by atoms with E-state index in [1.165, 1.54) is 56.0 Å². The molecule has 4 aromatic rings. The molecule has 5 N–H and O–H groups in total. The second kappa shape index (κ2) is 12.1. The minimum atomic E-state index is -5.00. The van der Waals surface area contributed by atoms with Crippen molar-refractivity contribution in [1.29, 1.82) is 0 Å². The molecule has 2 aromatic carbocycles. The number of alkyl halides is 2. The van der Waals surface area contributed by atoms with Crippen molar-refractivity contribution in [2.75, 3.05) is 23.8 Å². The van der Waals surface area contributed by atoms with Gasteiger partial charge in [-0.3, -0.25) is 19.6 Å². The van der Waals surface area contributed by atoms with Crippen LogP contribution in [0.2, 0.25) is 0 Å². The largest absolute Gasteiger partial charge is 0.384 e. The number of hydrogen-bond acceptors (Lipinski definition) is 8. The molecule has 0 aliphatic rings. The van der Waals surface area contributed by atoms with Crippen LogP contribution in [-0.4, -0.2) is 54.0 Å². The molecule has 1 atom stereocenters. The average Bonchev–Trinajstić information content (AvgIpc) is 3.34. The van der Waals surface area contributed by atoms with Gasteiger partial charge in [-0.1, -0.05) is 18.2 Å². The van der Waals surface area contributed by atoms with Crippen LogP contribution in [0.1, 0.15) is 27.4 Å². The number of hydrogen-bond donors (Lipinski definition) is 4. The Morgan fingerprint density at radius 1 is 1.15 bits per heavy atom. The fourth-order valence-corrected chi connectivity index (χ4v) is 4.65. The number of anilines is 3. The Labute approximate surface area is 227 Å². The van der Waals surface area contributed by atoms with Crippen LogP contribution in [0.25, 0.3) is 11.3 Å². The van der Waals surface area contributed by atoms with E-state index in [1.807, 2.05) is 4.72 Å².